The van der Waals surface area contributed by atoms with Crippen LogP contribution in [0.1, 0.15) is 31.2 Å². The SMILES string of the molecule is Cc1ccc(S(=O)(=O)OCCOCCOCCOCCOCCOCCOCCOCCOCCOCCOCCCCCCI)cc1. The van der Waals surface area contributed by atoms with E-state index in [1.54, 1.807) is 12.1 Å². The van der Waals surface area contributed by atoms with Gasteiger partial charge in [0.2, 0.25) is 0 Å². The molecule has 48 heavy (non-hydrogen) atoms. The van der Waals surface area contributed by atoms with Crippen molar-refractivity contribution in [1.82, 2.24) is 0 Å². The van der Waals surface area contributed by atoms with Gasteiger partial charge in [-0.3, -0.25) is 4.18 Å². The monoisotopic (exact) mass is 822 g/mol. The number of rotatable bonds is 38. The third kappa shape index (κ3) is 30.3. The fraction of sp³-hybridized carbons (Fsp3) is 0.818. The van der Waals surface area contributed by atoms with Gasteiger partial charge in [0.25, 0.3) is 10.1 Å². The lowest BCUT2D eigenvalue weighted by Gasteiger charge is -2.09. The lowest BCUT2D eigenvalue weighted by molar-refractivity contribution is -0.0267. The normalized spacial score (nSPS) is 11.9. The van der Waals surface area contributed by atoms with Gasteiger partial charge in [-0.1, -0.05) is 53.1 Å². The molecule has 0 saturated heterocycles. The largest absolute Gasteiger partial charge is 0.379 e. The summed E-state index contributed by atoms with van der Waals surface area (Å²) in [6.07, 6.45) is 4.95. The van der Waals surface area contributed by atoms with E-state index in [2.05, 4.69) is 22.6 Å². The minimum absolute atomic E-state index is 0.0569. The first kappa shape index (κ1) is 45.5. The van der Waals surface area contributed by atoms with Crippen LogP contribution < -0.4 is 0 Å². The van der Waals surface area contributed by atoms with Gasteiger partial charge in [-0.15, -0.1) is 0 Å². The highest BCUT2D eigenvalue weighted by molar-refractivity contribution is 14.1. The van der Waals surface area contributed by atoms with Crippen LogP contribution in [0.3, 0.4) is 0 Å². The molecule has 0 aromatic heterocycles. The Hall–Kier alpha value is -0.540. The number of alkyl halides is 1. The third-order valence-corrected chi connectivity index (χ3v) is 8.39. The molecule has 0 N–H and O–H groups in total. The predicted molar refractivity (Wildman–Crippen MR) is 190 cm³/mol. The summed E-state index contributed by atoms with van der Waals surface area (Å²) in [5, 5.41) is 0. The number of aryl methyl sites for hydroxylation is 1. The standard InChI is InChI=1S/C33H59IO13S/c1-32-6-8-33(9-7-32)48(35,36)47-31-30-46-29-28-45-27-26-44-25-24-43-23-22-42-21-20-41-19-18-40-17-16-39-15-14-38-13-12-37-11-5-3-2-4-10-34/h6-9H,2-5,10-31H2,1H3. The van der Waals surface area contributed by atoms with E-state index in [0.29, 0.717) is 119 Å². The van der Waals surface area contributed by atoms with E-state index in [-0.39, 0.29) is 18.1 Å². The number of ether oxygens (including phenoxy) is 10. The number of hydrogen-bond acceptors (Lipinski definition) is 13. The maximum atomic E-state index is 12.1. The molecule has 0 aliphatic carbocycles. The van der Waals surface area contributed by atoms with Crippen LogP contribution in [-0.2, 0) is 61.7 Å². The lowest BCUT2D eigenvalue weighted by Crippen LogP contribution is -2.15. The van der Waals surface area contributed by atoms with Crippen molar-refractivity contribution in [1.29, 1.82) is 0 Å². The van der Waals surface area contributed by atoms with Gasteiger partial charge in [0, 0.05) is 6.61 Å². The van der Waals surface area contributed by atoms with Gasteiger partial charge in [0.05, 0.1) is 137 Å². The summed E-state index contributed by atoms with van der Waals surface area (Å²) in [5.41, 5.74) is 0.977. The molecule has 0 saturated carbocycles. The Morgan fingerprint density at radius 2 is 0.708 bits per heavy atom. The summed E-state index contributed by atoms with van der Waals surface area (Å²) < 4.78 is 85.0. The first-order chi connectivity index (χ1) is 23.6. The molecule has 1 aromatic carbocycles. The van der Waals surface area contributed by atoms with Crippen molar-refractivity contribution in [3.63, 3.8) is 0 Å². The number of unbranched alkanes of at least 4 members (excludes halogenated alkanes) is 3. The van der Waals surface area contributed by atoms with Crippen molar-refractivity contribution >= 4 is 32.7 Å². The minimum Gasteiger partial charge on any atom is -0.379 e. The van der Waals surface area contributed by atoms with Crippen molar-refractivity contribution < 1.29 is 60.0 Å². The van der Waals surface area contributed by atoms with E-state index in [1.165, 1.54) is 35.8 Å². The predicted octanol–water partition coefficient (Wildman–Crippen LogP) is 3.86. The second-order valence-corrected chi connectivity index (χ2v) is 13.0. The van der Waals surface area contributed by atoms with E-state index in [9.17, 15) is 8.42 Å². The second kappa shape index (κ2) is 34.9. The van der Waals surface area contributed by atoms with E-state index < -0.39 is 10.1 Å². The summed E-state index contributed by atoms with van der Waals surface area (Å²) in [4.78, 5) is 0.130. The Morgan fingerprint density at radius 3 is 1.04 bits per heavy atom. The van der Waals surface area contributed by atoms with Crippen LogP contribution in [0.15, 0.2) is 29.2 Å². The maximum Gasteiger partial charge on any atom is 0.297 e. The quantitative estimate of drug-likeness (QED) is 0.0414. The Morgan fingerprint density at radius 1 is 0.417 bits per heavy atom. The van der Waals surface area contributed by atoms with E-state index >= 15 is 0 Å². The van der Waals surface area contributed by atoms with Crippen LogP contribution in [0.2, 0.25) is 0 Å². The molecule has 0 radical (unpaired) electrons. The van der Waals surface area contributed by atoms with E-state index in [0.717, 1.165) is 18.6 Å². The van der Waals surface area contributed by atoms with Gasteiger partial charge < -0.3 is 47.4 Å². The molecule has 0 fully saturated rings. The number of hydrogen-bond donors (Lipinski definition) is 0. The van der Waals surface area contributed by atoms with Crippen LogP contribution in [0.25, 0.3) is 0 Å². The third-order valence-electron chi connectivity index (χ3n) is 6.30. The topological polar surface area (TPSA) is 136 Å². The van der Waals surface area contributed by atoms with Gasteiger partial charge in [-0.05, 0) is 36.3 Å². The summed E-state index contributed by atoms with van der Waals surface area (Å²) in [5.74, 6) is 0. The average molecular weight is 823 g/mol. The molecular weight excluding hydrogens is 763 g/mol. The maximum absolute atomic E-state index is 12.1. The van der Waals surface area contributed by atoms with Gasteiger partial charge in [-0.2, -0.15) is 8.42 Å². The number of benzene rings is 1. The van der Waals surface area contributed by atoms with Crippen molar-refractivity contribution in [3.8, 4) is 0 Å². The van der Waals surface area contributed by atoms with E-state index in [1.807, 2.05) is 6.92 Å². The zero-order valence-electron chi connectivity index (χ0n) is 28.8. The van der Waals surface area contributed by atoms with Gasteiger partial charge in [0.15, 0.2) is 0 Å². The first-order valence-corrected chi connectivity index (χ1v) is 19.8. The van der Waals surface area contributed by atoms with Crippen molar-refractivity contribution in [2.24, 2.45) is 0 Å². The Labute approximate surface area is 302 Å². The molecule has 0 aliphatic heterocycles. The Balaban J connectivity index is 1.67. The van der Waals surface area contributed by atoms with Crippen LogP contribution in [0.4, 0.5) is 0 Å². The van der Waals surface area contributed by atoms with Gasteiger partial charge in [-0.25, -0.2) is 0 Å². The average Bonchev–Trinajstić information content (AvgIpc) is 3.08. The summed E-state index contributed by atoms with van der Waals surface area (Å²) in [6.45, 7) is 11.7. The smallest absolute Gasteiger partial charge is 0.297 e. The highest BCUT2D eigenvalue weighted by Gasteiger charge is 2.14. The van der Waals surface area contributed by atoms with Gasteiger partial charge >= 0.3 is 0 Å². The molecule has 1 rings (SSSR count). The number of halogens is 1. The molecule has 0 amide bonds. The second-order valence-electron chi connectivity index (χ2n) is 10.3. The molecule has 0 bridgehead atoms. The van der Waals surface area contributed by atoms with Crippen LogP contribution in [-0.4, -0.2) is 152 Å². The fourth-order valence-corrected chi connectivity index (χ4v) is 5.14. The summed E-state index contributed by atoms with van der Waals surface area (Å²) >= 11 is 2.42. The molecule has 282 valence electrons. The van der Waals surface area contributed by atoms with Crippen molar-refractivity contribution in [3.05, 3.63) is 29.8 Å². The summed E-state index contributed by atoms with van der Waals surface area (Å²) in [6, 6.07) is 6.49. The van der Waals surface area contributed by atoms with E-state index in [4.69, 9.17) is 51.6 Å². The molecule has 0 unspecified atom stereocenters. The molecule has 15 heteroatoms. The summed E-state index contributed by atoms with van der Waals surface area (Å²) in [7, 11) is -3.77. The minimum atomic E-state index is -3.77. The Kier molecular flexibility index (Phi) is 33.1. The van der Waals surface area contributed by atoms with Crippen molar-refractivity contribution in [2.45, 2.75) is 37.5 Å². The molecule has 0 heterocycles. The fourth-order valence-electron chi connectivity index (χ4n) is 3.71. The van der Waals surface area contributed by atoms with Crippen molar-refractivity contribution in [2.75, 3.05) is 143 Å². The lowest BCUT2D eigenvalue weighted by atomic mass is 10.2. The van der Waals surface area contributed by atoms with Crippen LogP contribution in [0, 0.1) is 6.92 Å². The molecule has 1 aromatic rings. The Bertz CT molecular complexity index is 909. The van der Waals surface area contributed by atoms with Gasteiger partial charge in [0.1, 0.15) is 0 Å². The molecule has 0 aliphatic rings. The zero-order chi connectivity index (χ0) is 34.6. The van der Waals surface area contributed by atoms with Crippen LogP contribution in [0.5, 0.6) is 0 Å². The molecule has 0 atom stereocenters. The molecular formula is C33H59IO13S. The molecule has 0 spiro atoms. The molecule has 13 nitrogen and oxygen atoms in total. The highest BCUT2D eigenvalue weighted by Crippen LogP contribution is 2.13. The van der Waals surface area contributed by atoms with Crippen LogP contribution >= 0.6 is 22.6 Å². The first-order valence-electron chi connectivity index (χ1n) is 16.9. The zero-order valence-corrected chi connectivity index (χ0v) is 31.8. The highest BCUT2D eigenvalue weighted by atomic mass is 127.